The third kappa shape index (κ3) is 3.73. The van der Waals surface area contributed by atoms with Gasteiger partial charge in [-0.25, -0.2) is 0 Å². The lowest BCUT2D eigenvalue weighted by atomic mass is 10.2. The second-order valence-electron chi connectivity index (χ2n) is 6.05. The summed E-state index contributed by atoms with van der Waals surface area (Å²) >= 11 is 0. The van der Waals surface area contributed by atoms with Crippen LogP contribution >= 0.6 is 0 Å². The molecule has 0 bridgehead atoms. The Kier molecular flexibility index (Phi) is 4.38. The lowest BCUT2D eigenvalue weighted by Crippen LogP contribution is -2.31. The van der Waals surface area contributed by atoms with Crippen molar-refractivity contribution in [2.45, 2.75) is 12.5 Å². The maximum atomic E-state index is 11.5. The van der Waals surface area contributed by atoms with Crippen molar-refractivity contribution in [1.29, 1.82) is 0 Å². The molecule has 0 aliphatic carbocycles. The van der Waals surface area contributed by atoms with Crippen LogP contribution in [-0.4, -0.2) is 37.3 Å². The van der Waals surface area contributed by atoms with Crippen LogP contribution in [0.3, 0.4) is 0 Å². The van der Waals surface area contributed by atoms with Crippen LogP contribution in [0.2, 0.25) is 0 Å². The van der Waals surface area contributed by atoms with Crippen molar-refractivity contribution in [3.63, 3.8) is 0 Å². The molecule has 134 valence electrons. The molecule has 9 nitrogen and oxygen atoms in total. The Morgan fingerprint density at radius 1 is 1.32 bits per heavy atom. The maximum absolute atomic E-state index is 11.5. The minimum Gasteiger partial charge on any atom is -0.367 e. The summed E-state index contributed by atoms with van der Waals surface area (Å²) in [5.74, 6) is 0. The number of aromatic nitrogens is 2. The number of benzene rings is 1. The molecule has 2 heterocycles. The fourth-order valence-corrected chi connectivity index (χ4v) is 3.46. The average Bonchev–Trinajstić information content (AvgIpc) is 3.14. The molecule has 1 aromatic carbocycles. The van der Waals surface area contributed by atoms with Gasteiger partial charge in [0.2, 0.25) is 0 Å². The predicted octanol–water partition coefficient (Wildman–Crippen LogP) is 1.01. The van der Waals surface area contributed by atoms with Crippen molar-refractivity contribution in [3.05, 3.63) is 46.8 Å². The second kappa shape index (κ2) is 6.36. The molecule has 1 aliphatic heterocycles. The first-order valence-electron chi connectivity index (χ1n) is 7.70. The number of imidazole rings is 1. The van der Waals surface area contributed by atoms with Crippen LogP contribution in [0, 0.1) is 10.1 Å². The van der Waals surface area contributed by atoms with Crippen molar-refractivity contribution in [1.82, 2.24) is 4.57 Å². The SMILES string of the molecule is C[n+]1ccn([C@H]2CCN(c3ccc([N+](=O)[O-])cc3)C2)c1OS(C)(=O)=O. The fourth-order valence-electron chi connectivity index (χ4n) is 2.99. The molecule has 0 spiro atoms. The maximum Gasteiger partial charge on any atom is 0.472 e. The van der Waals surface area contributed by atoms with Crippen LogP contribution in [0.15, 0.2) is 36.7 Å². The van der Waals surface area contributed by atoms with Crippen molar-refractivity contribution in [3.8, 4) is 6.01 Å². The normalized spacial score (nSPS) is 17.7. The Balaban J connectivity index is 1.78. The quantitative estimate of drug-likeness (QED) is 0.338. The first kappa shape index (κ1) is 17.2. The van der Waals surface area contributed by atoms with Gasteiger partial charge in [0.1, 0.15) is 18.4 Å². The van der Waals surface area contributed by atoms with Gasteiger partial charge < -0.3 is 9.08 Å². The summed E-state index contributed by atoms with van der Waals surface area (Å²) < 4.78 is 31.5. The molecule has 0 amide bonds. The van der Waals surface area contributed by atoms with Gasteiger partial charge in [0.05, 0.1) is 24.8 Å². The second-order valence-corrected chi connectivity index (χ2v) is 7.62. The molecule has 0 radical (unpaired) electrons. The van der Waals surface area contributed by atoms with Gasteiger partial charge in [0.25, 0.3) is 5.69 Å². The number of rotatable bonds is 5. The van der Waals surface area contributed by atoms with Gasteiger partial charge in [0.15, 0.2) is 0 Å². The van der Waals surface area contributed by atoms with Crippen molar-refractivity contribution < 1.29 is 22.1 Å². The van der Waals surface area contributed by atoms with Gasteiger partial charge >= 0.3 is 16.1 Å². The minimum atomic E-state index is -3.62. The van der Waals surface area contributed by atoms with E-state index in [4.69, 9.17) is 4.18 Å². The highest BCUT2D eigenvalue weighted by molar-refractivity contribution is 7.86. The van der Waals surface area contributed by atoms with Gasteiger partial charge in [-0.1, -0.05) is 0 Å². The molecule has 1 saturated heterocycles. The molecule has 1 atom stereocenters. The van der Waals surface area contributed by atoms with Crippen LogP contribution in [-0.2, 0) is 17.2 Å². The Morgan fingerprint density at radius 2 is 2.00 bits per heavy atom. The van der Waals surface area contributed by atoms with E-state index in [9.17, 15) is 18.5 Å². The molecule has 0 unspecified atom stereocenters. The summed E-state index contributed by atoms with van der Waals surface area (Å²) in [5, 5.41) is 10.7. The smallest absolute Gasteiger partial charge is 0.367 e. The molecular formula is C15H19N4O5S+. The van der Waals surface area contributed by atoms with E-state index >= 15 is 0 Å². The molecule has 3 rings (SSSR count). The van der Waals surface area contributed by atoms with E-state index in [2.05, 4.69) is 4.90 Å². The highest BCUT2D eigenvalue weighted by Crippen LogP contribution is 2.30. The lowest BCUT2D eigenvalue weighted by molar-refractivity contribution is -0.674. The topological polar surface area (TPSA) is 98.6 Å². The monoisotopic (exact) mass is 367 g/mol. The Bertz CT molecular complexity index is 891. The number of nitro groups is 1. The average molecular weight is 367 g/mol. The molecule has 25 heavy (non-hydrogen) atoms. The van der Waals surface area contributed by atoms with Crippen LogP contribution in [0.5, 0.6) is 6.01 Å². The van der Waals surface area contributed by atoms with E-state index < -0.39 is 15.0 Å². The van der Waals surface area contributed by atoms with Crippen molar-refractivity contribution in [2.24, 2.45) is 7.05 Å². The van der Waals surface area contributed by atoms with E-state index in [1.54, 1.807) is 36.1 Å². The summed E-state index contributed by atoms with van der Waals surface area (Å²) in [5.41, 5.74) is 0.955. The molecule has 10 heteroatoms. The van der Waals surface area contributed by atoms with Gasteiger partial charge in [-0.15, -0.1) is 0 Å². The zero-order valence-electron chi connectivity index (χ0n) is 13.9. The number of hydrogen-bond acceptors (Lipinski definition) is 6. The number of hydrogen-bond donors (Lipinski definition) is 0. The third-order valence-corrected chi connectivity index (χ3v) is 4.63. The highest BCUT2D eigenvalue weighted by atomic mass is 32.2. The van der Waals surface area contributed by atoms with E-state index in [-0.39, 0.29) is 17.7 Å². The molecule has 1 fully saturated rings. The van der Waals surface area contributed by atoms with E-state index in [0.29, 0.717) is 6.54 Å². The molecular weight excluding hydrogens is 348 g/mol. The Labute approximate surface area is 145 Å². The van der Waals surface area contributed by atoms with Crippen molar-refractivity contribution >= 4 is 21.5 Å². The molecule has 0 N–H and O–H groups in total. The van der Waals surface area contributed by atoms with Gasteiger partial charge in [-0.3, -0.25) is 10.1 Å². The van der Waals surface area contributed by atoms with Crippen LogP contribution < -0.4 is 13.7 Å². The fraction of sp³-hybridized carbons (Fsp3) is 0.400. The van der Waals surface area contributed by atoms with Crippen LogP contribution in [0.25, 0.3) is 0 Å². The standard InChI is InChI=1S/C15H19N4O5S/c1-16-9-10-18(15(16)24-25(2,22)23)14-7-8-17(11-14)12-3-5-13(6-4-12)19(20)21/h3-6,9-10,14H,7-8,11H2,1-2H3/q+1/t14-/m0/s1. The summed E-state index contributed by atoms with van der Waals surface area (Å²) in [7, 11) is -1.90. The van der Waals surface area contributed by atoms with Gasteiger partial charge in [0, 0.05) is 30.8 Å². The Morgan fingerprint density at radius 3 is 2.60 bits per heavy atom. The number of non-ortho nitro benzene ring substituents is 1. The lowest BCUT2D eigenvalue weighted by Gasteiger charge is -2.17. The third-order valence-electron chi connectivity index (χ3n) is 4.18. The predicted molar refractivity (Wildman–Crippen MR) is 90.0 cm³/mol. The summed E-state index contributed by atoms with van der Waals surface area (Å²) in [4.78, 5) is 12.4. The highest BCUT2D eigenvalue weighted by Gasteiger charge is 2.33. The Hall–Kier alpha value is -2.62. The molecule has 2 aromatic rings. The van der Waals surface area contributed by atoms with Crippen LogP contribution in [0.4, 0.5) is 11.4 Å². The number of nitrogens with zero attached hydrogens (tertiary/aromatic N) is 4. The molecule has 1 aliphatic rings. The first-order chi connectivity index (χ1) is 11.7. The van der Waals surface area contributed by atoms with Crippen molar-refractivity contribution in [2.75, 3.05) is 24.2 Å². The molecule has 0 saturated carbocycles. The minimum absolute atomic E-state index is 0.0492. The number of aryl methyl sites for hydroxylation is 1. The number of anilines is 1. The number of nitro benzene ring substituents is 1. The summed E-state index contributed by atoms with van der Waals surface area (Å²) in [6.07, 6.45) is 5.37. The van der Waals surface area contributed by atoms with Gasteiger partial charge in [-0.05, 0) is 12.1 Å². The van der Waals surface area contributed by atoms with E-state index in [1.165, 1.54) is 12.1 Å². The van der Waals surface area contributed by atoms with E-state index in [0.717, 1.165) is 24.9 Å². The first-order valence-corrected chi connectivity index (χ1v) is 9.51. The van der Waals surface area contributed by atoms with Gasteiger partial charge in [-0.2, -0.15) is 17.6 Å². The largest absolute Gasteiger partial charge is 0.472 e. The summed E-state index contributed by atoms with van der Waals surface area (Å²) in [6, 6.07) is 6.73. The zero-order valence-corrected chi connectivity index (χ0v) is 14.7. The zero-order chi connectivity index (χ0) is 18.2. The molecule has 1 aromatic heterocycles. The summed E-state index contributed by atoms with van der Waals surface area (Å²) in [6.45, 7) is 1.43. The van der Waals surface area contributed by atoms with E-state index in [1.807, 2.05) is 4.57 Å². The van der Waals surface area contributed by atoms with Crippen LogP contribution in [0.1, 0.15) is 12.5 Å².